The first-order chi connectivity index (χ1) is 14.0. The number of carbonyl (C=O) groups is 2. The fraction of sp³-hybridized carbons (Fsp3) is 0.318. The summed E-state index contributed by atoms with van der Waals surface area (Å²) in [7, 11) is 1.58. The molecule has 1 N–H and O–H groups in total. The van der Waals surface area contributed by atoms with E-state index in [0.717, 1.165) is 16.6 Å². The molecule has 2 aromatic carbocycles. The van der Waals surface area contributed by atoms with Crippen molar-refractivity contribution in [3.63, 3.8) is 0 Å². The Morgan fingerprint density at radius 1 is 1.17 bits per heavy atom. The number of nitrogens with zero attached hydrogens (tertiary/aromatic N) is 3. The first-order valence-corrected chi connectivity index (χ1v) is 9.63. The molecule has 0 aliphatic carbocycles. The van der Waals surface area contributed by atoms with Crippen molar-refractivity contribution in [3.05, 3.63) is 66.0 Å². The molecule has 1 unspecified atom stereocenters. The number of hydrogen-bond donors (Lipinski definition) is 1. The summed E-state index contributed by atoms with van der Waals surface area (Å²) < 4.78 is 7.04. The number of nitrogens with one attached hydrogen (secondary N) is 1. The third-order valence-electron chi connectivity index (χ3n) is 5.46. The predicted molar refractivity (Wildman–Crippen MR) is 109 cm³/mol. The fourth-order valence-corrected chi connectivity index (χ4v) is 3.83. The zero-order valence-corrected chi connectivity index (χ0v) is 16.6. The van der Waals surface area contributed by atoms with Gasteiger partial charge in [0.15, 0.2) is 5.82 Å². The highest BCUT2D eigenvalue weighted by molar-refractivity contribution is 6.01. The highest BCUT2D eigenvalue weighted by atomic mass is 16.5. The van der Waals surface area contributed by atoms with Gasteiger partial charge in [0, 0.05) is 20.2 Å². The number of benzene rings is 2. The lowest BCUT2D eigenvalue weighted by Crippen LogP contribution is -2.64. The molecule has 0 bridgehead atoms. The van der Waals surface area contributed by atoms with Gasteiger partial charge in [0.1, 0.15) is 5.54 Å². The van der Waals surface area contributed by atoms with Crippen LogP contribution >= 0.6 is 0 Å². The van der Waals surface area contributed by atoms with Crippen LogP contribution < -0.4 is 5.32 Å². The normalized spacial score (nSPS) is 18.7. The summed E-state index contributed by atoms with van der Waals surface area (Å²) in [6.07, 6.45) is 0. The van der Waals surface area contributed by atoms with Crippen molar-refractivity contribution in [2.75, 3.05) is 20.3 Å². The molecule has 1 aromatic heterocycles. The van der Waals surface area contributed by atoms with E-state index in [1.165, 1.54) is 0 Å². The molecule has 7 heteroatoms. The number of ether oxygens (including phenoxy) is 1. The van der Waals surface area contributed by atoms with Gasteiger partial charge in [-0.3, -0.25) is 9.59 Å². The van der Waals surface area contributed by atoms with Crippen LogP contribution in [0.3, 0.4) is 0 Å². The van der Waals surface area contributed by atoms with Crippen molar-refractivity contribution in [2.24, 2.45) is 0 Å². The van der Waals surface area contributed by atoms with Crippen LogP contribution in [0.15, 0.2) is 54.6 Å². The quantitative estimate of drug-likeness (QED) is 0.698. The molecule has 2 amide bonds. The lowest BCUT2D eigenvalue weighted by atomic mass is 9.95. The number of hydrogen-bond acceptors (Lipinski definition) is 4. The minimum atomic E-state index is -1.05. The minimum absolute atomic E-state index is 0.200. The van der Waals surface area contributed by atoms with E-state index in [4.69, 9.17) is 4.74 Å². The largest absolute Gasteiger partial charge is 0.383 e. The molecule has 1 atom stereocenters. The molecule has 0 spiro atoms. The molecule has 2 heterocycles. The van der Waals surface area contributed by atoms with Gasteiger partial charge in [0.05, 0.1) is 24.2 Å². The number of amides is 2. The summed E-state index contributed by atoms with van der Waals surface area (Å²) in [6, 6.07) is 17.3. The number of imidazole rings is 1. The van der Waals surface area contributed by atoms with E-state index in [0.29, 0.717) is 32.1 Å². The molecule has 4 rings (SSSR count). The number of rotatable bonds is 6. The van der Waals surface area contributed by atoms with Gasteiger partial charge in [-0.25, -0.2) is 4.98 Å². The van der Waals surface area contributed by atoms with E-state index in [-0.39, 0.29) is 11.8 Å². The Hall–Kier alpha value is -3.19. The summed E-state index contributed by atoms with van der Waals surface area (Å²) in [5, 5.41) is 3.00. The molecule has 1 aliphatic heterocycles. The van der Waals surface area contributed by atoms with Gasteiger partial charge in [0.2, 0.25) is 5.91 Å². The molecule has 0 saturated carbocycles. The van der Waals surface area contributed by atoms with Gasteiger partial charge >= 0.3 is 0 Å². The Bertz CT molecular complexity index is 1050. The predicted octanol–water partition coefficient (Wildman–Crippen LogP) is 2.21. The van der Waals surface area contributed by atoms with E-state index in [1.54, 1.807) is 18.9 Å². The van der Waals surface area contributed by atoms with Crippen LogP contribution in [0.25, 0.3) is 11.0 Å². The number of fused-ring (bicyclic) bond motifs is 3. The standard InChI is InChI=1S/C22H24N4O3/c1-22(21(28)23-14-16-8-4-3-5-9-16)15-25-18-11-7-6-10-17(18)24-19(25)20(27)26(22)12-13-29-2/h3-11H,12-15H2,1-2H3,(H,23,28). The minimum Gasteiger partial charge on any atom is -0.383 e. The number of carbonyl (C=O) groups excluding carboxylic acids is 2. The van der Waals surface area contributed by atoms with E-state index >= 15 is 0 Å². The molecule has 1 aliphatic rings. The molecular weight excluding hydrogens is 368 g/mol. The van der Waals surface area contributed by atoms with E-state index < -0.39 is 5.54 Å². The van der Waals surface area contributed by atoms with E-state index in [1.807, 2.05) is 59.2 Å². The summed E-state index contributed by atoms with van der Waals surface area (Å²) in [4.78, 5) is 32.7. The molecule has 0 saturated heterocycles. The fourth-order valence-electron chi connectivity index (χ4n) is 3.83. The Kier molecular flexibility index (Phi) is 5.07. The lowest BCUT2D eigenvalue weighted by molar-refractivity contribution is -0.133. The second kappa shape index (κ2) is 7.67. The molecular formula is C22H24N4O3. The molecule has 3 aromatic rings. The first-order valence-electron chi connectivity index (χ1n) is 9.63. The first kappa shape index (κ1) is 19.1. The summed E-state index contributed by atoms with van der Waals surface area (Å²) in [6.45, 7) is 3.19. The highest BCUT2D eigenvalue weighted by Gasteiger charge is 2.48. The average molecular weight is 392 g/mol. The Balaban J connectivity index is 1.68. The second-order valence-corrected chi connectivity index (χ2v) is 7.40. The average Bonchev–Trinajstić information content (AvgIpc) is 3.11. The maximum Gasteiger partial charge on any atom is 0.290 e. The summed E-state index contributed by atoms with van der Waals surface area (Å²) in [5.41, 5.74) is 1.55. The Labute approximate surface area is 169 Å². The van der Waals surface area contributed by atoms with Crippen LogP contribution in [0.5, 0.6) is 0 Å². The van der Waals surface area contributed by atoms with Crippen LogP contribution in [0.1, 0.15) is 23.1 Å². The topological polar surface area (TPSA) is 76.5 Å². The highest BCUT2D eigenvalue weighted by Crippen LogP contribution is 2.30. The van der Waals surface area contributed by atoms with Gasteiger partial charge < -0.3 is 19.5 Å². The number of aromatic nitrogens is 2. The zero-order chi connectivity index (χ0) is 20.4. The number of methoxy groups -OCH3 is 1. The molecule has 150 valence electrons. The van der Waals surface area contributed by atoms with Crippen molar-refractivity contribution in [1.29, 1.82) is 0 Å². The van der Waals surface area contributed by atoms with Crippen LogP contribution in [0.4, 0.5) is 0 Å². The third-order valence-corrected chi connectivity index (χ3v) is 5.46. The van der Waals surface area contributed by atoms with Gasteiger partial charge in [-0.2, -0.15) is 0 Å². The van der Waals surface area contributed by atoms with E-state index in [9.17, 15) is 9.59 Å². The van der Waals surface area contributed by atoms with Gasteiger partial charge in [-0.05, 0) is 24.6 Å². The molecule has 7 nitrogen and oxygen atoms in total. The zero-order valence-electron chi connectivity index (χ0n) is 16.6. The second-order valence-electron chi connectivity index (χ2n) is 7.40. The van der Waals surface area contributed by atoms with Crippen molar-refractivity contribution < 1.29 is 14.3 Å². The maximum absolute atomic E-state index is 13.3. The smallest absolute Gasteiger partial charge is 0.290 e. The number of para-hydroxylation sites is 2. The summed E-state index contributed by atoms with van der Waals surface area (Å²) >= 11 is 0. The van der Waals surface area contributed by atoms with Crippen LogP contribution in [-0.2, 0) is 22.6 Å². The molecule has 0 fully saturated rings. The maximum atomic E-state index is 13.3. The van der Waals surface area contributed by atoms with Crippen molar-refractivity contribution in [3.8, 4) is 0 Å². The van der Waals surface area contributed by atoms with Gasteiger partial charge in [-0.15, -0.1) is 0 Å². The van der Waals surface area contributed by atoms with Gasteiger partial charge in [0.25, 0.3) is 5.91 Å². The summed E-state index contributed by atoms with van der Waals surface area (Å²) in [5.74, 6) is -0.105. The molecule has 29 heavy (non-hydrogen) atoms. The SMILES string of the molecule is COCCN1C(=O)c2nc3ccccc3n2CC1(C)C(=O)NCc1ccccc1. The van der Waals surface area contributed by atoms with Crippen LogP contribution in [0, 0.1) is 0 Å². The Morgan fingerprint density at radius 2 is 1.90 bits per heavy atom. The van der Waals surface area contributed by atoms with Crippen molar-refractivity contribution >= 4 is 22.8 Å². The monoisotopic (exact) mass is 392 g/mol. The third kappa shape index (κ3) is 3.38. The van der Waals surface area contributed by atoms with Crippen molar-refractivity contribution in [2.45, 2.75) is 25.6 Å². The lowest BCUT2D eigenvalue weighted by Gasteiger charge is -2.43. The van der Waals surface area contributed by atoms with Gasteiger partial charge in [-0.1, -0.05) is 42.5 Å². The van der Waals surface area contributed by atoms with Crippen LogP contribution in [0.2, 0.25) is 0 Å². The molecule has 0 radical (unpaired) electrons. The van der Waals surface area contributed by atoms with E-state index in [2.05, 4.69) is 10.3 Å². The van der Waals surface area contributed by atoms with Crippen LogP contribution in [-0.4, -0.2) is 52.1 Å². The van der Waals surface area contributed by atoms with Crippen molar-refractivity contribution in [1.82, 2.24) is 19.8 Å². The Morgan fingerprint density at radius 3 is 2.66 bits per heavy atom.